The fraction of sp³-hybridized carbons (Fsp3) is 0.333. The molecule has 9 heteroatoms. The SMILES string of the molecule is N#CCc1c(C(F)F)cc(OC(F)(F)F)nc1I. The number of hydrogen-bond acceptors (Lipinski definition) is 3. The third kappa shape index (κ3) is 3.94. The van der Waals surface area contributed by atoms with E-state index in [9.17, 15) is 22.0 Å². The molecule has 0 unspecified atom stereocenters. The highest BCUT2D eigenvalue weighted by Gasteiger charge is 2.33. The summed E-state index contributed by atoms with van der Waals surface area (Å²) in [6.07, 6.45) is -8.39. The minimum absolute atomic E-state index is 0.0948. The van der Waals surface area contributed by atoms with Crippen LogP contribution in [0.4, 0.5) is 22.0 Å². The second-order valence-corrected chi connectivity index (χ2v) is 4.02. The van der Waals surface area contributed by atoms with Gasteiger partial charge in [0.05, 0.1) is 12.5 Å². The van der Waals surface area contributed by atoms with E-state index in [1.807, 2.05) is 0 Å². The van der Waals surface area contributed by atoms with Crippen LogP contribution in [0.5, 0.6) is 5.88 Å². The van der Waals surface area contributed by atoms with Gasteiger partial charge in [-0.15, -0.1) is 13.2 Å². The minimum Gasteiger partial charge on any atom is -0.388 e. The molecule has 3 nitrogen and oxygen atoms in total. The molecule has 0 aromatic carbocycles. The number of nitriles is 1. The van der Waals surface area contributed by atoms with E-state index in [0.29, 0.717) is 6.07 Å². The standard InChI is InChI=1S/C9H4F5IN2O/c10-7(11)5-3-6(18-9(12,13)14)17-8(15)4(5)1-2-16/h3,7H,1H2. The molecule has 0 radical (unpaired) electrons. The third-order valence-corrected chi connectivity index (χ3v) is 2.69. The Morgan fingerprint density at radius 2 is 2.06 bits per heavy atom. The van der Waals surface area contributed by atoms with Gasteiger partial charge in [0.25, 0.3) is 6.43 Å². The predicted octanol–water partition coefficient (Wildman–Crippen LogP) is 3.59. The van der Waals surface area contributed by atoms with E-state index < -0.39 is 24.2 Å². The first-order chi connectivity index (χ1) is 8.24. The number of ether oxygens (including phenoxy) is 1. The molecule has 0 amide bonds. The van der Waals surface area contributed by atoms with Gasteiger partial charge in [-0.25, -0.2) is 13.8 Å². The zero-order valence-electron chi connectivity index (χ0n) is 8.43. The van der Waals surface area contributed by atoms with Crippen molar-refractivity contribution in [3.63, 3.8) is 0 Å². The Morgan fingerprint density at radius 3 is 2.50 bits per heavy atom. The predicted molar refractivity (Wildman–Crippen MR) is 57.9 cm³/mol. The molecule has 0 spiro atoms. The highest BCUT2D eigenvalue weighted by atomic mass is 127. The van der Waals surface area contributed by atoms with Gasteiger partial charge in [-0.3, -0.25) is 0 Å². The Labute approximate surface area is 112 Å². The normalized spacial score (nSPS) is 11.4. The topological polar surface area (TPSA) is 45.9 Å². The van der Waals surface area contributed by atoms with Gasteiger partial charge in [-0.05, 0) is 22.6 Å². The molecule has 0 saturated heterocycles. The van der Waals surface area contributed by atoms with Crippen molar-refractivity contribution in [2.45, 2.75) is 19.2 Å². The summed E-state index contributed by atoms with van der Waals surface area (Å²) in [6, 6.07) is 2.14. The zero-order valence-corrected chi connectivity index (χ0v) is 10.6. The number of rotatable bonds is 3. The van der Waals surface area contributed by atoms with E-state index in [-0.39, 0.29) is 15.7 Å². The van der Waals surface area contributed by atoms with Gasteiger partial charge in [0.2, 0.25) is 5.88 Å². The van der Waals surface area contributed by atoms with Crippen LogP contribution in [-0.4, -0.2) is 11.3 Å². The average molecular weight is 378 g/mol. The van der Waals surface area contributed by atoms with Crippen LogP contribution >= 0.6 is 22.6 Å². The first-order valence-corrected chi connectivity index (χ1v) is 5.42. The quantitative estimate of drug-likeness (QED) is 0.459. The highest BCUT2D eigenvalue weighted by Crippen LogP contribution is 2.31. The lowest BCUT2D eigenvalue weighted by Crippen LogP contribution is -2.18. The molecule has 0 aliphatic carbocycles. The Kier molecular flexibility index (Phi) is 4.66. The van der Waals surface area contributed by atoms with Gasteiger partial charge in [0.1, 0.15) is 3.70 Å². The van der Waals surface area contributed by atoms with Gasteiger partial charge in [0.15, 0.2) is 0 Å². The van der Waals surface area contributed by atoms with E-state index in [1.54, 1.807) is 6.07 Å². The molecule has 1 rings (SSSR count). The van der Waals surface area contributed by atoms with Crippen molar-refractivity contribution in [3.8, 4) is 11.9 Å². The summed E-state index contributed by atoms with van der Waals surface area (Å²) in [5.74, 6) is -0.969. The van der Waals surface area contributed by atoms with E-state index >= 15 is 0 Å². The Bertz CT molecular complexity index is 483. The molecule has 1 aromatic rings. The Balaban J connectivity index is 3.24. The maximum Gasteiger partial charge on any atom is 0.574 e. The van der Waals surface area contributed by atoms with Gasteiger partial charge < -0.3 is 4.74 Å². The molecule has 0 N–H and O–H groups in total. The summed E-state index contributed by atoms with van der Waals surface area (Å²) in [6.45, 7) is 0. The summed E-state index contributed by atoms with van der Waals surface area (Å²) in [7, 11) is 0. The van der Waals surface area contributed by atoms with Crippen molar-refractivity contribution in [1.82, 2.24) is 4.98 Å². The van der Waals surface area contributed by atoms with Crippen molar-refractivity contribution in [2.24, 2.45) is 0 Å². The first-order valence-electron chi connectivity index (χ1n) is 4.34. The molecule has 0 aliphatic heterocycles. The maximum atomic E-state index is 12.7. The van der Waals surface area contributed by atoms with Crippen molar-refractivity contribution < 1.29 is 26.7 Å². The zero-order chi connectivity index (χ0) is 13.9. The molecule has 0 atom stereocenters. The van der Waals surface area contributed by atoms with Crippen LogP contribution in [0.15, 0.2) is 6.07 Å². The van der Waals surface area contributed by atoms with E-state index in [2.05, 4.69) is 9.72 Å². The molecule has 0 bridgehead atoms. The van der Waals surface area contributed by atoms with Gasteiger partial charge in [-0.2, -0.15) is 5.26 Å². The molecule has 0 saturated carbocycles. The second kappa shape index (κ2) is 5.64. The summed E-state index contributed by atoms with van der Waals surface area (Å²) >= 11 is 1.48. The second-order valence-electron chi connectivity index (χ2n) is 3.00. The third-order valence-electron chi connectivity index (χ3n) is 1.80. The van der Waals surface area contributed by atoms with Gasteiger partial charge in [-0.1, -0.05) is 0 Å². The van der Waals surface area contributed by atoms with Crippen LogP contribution < -0.4 is 4.74 Å². The molecule has 18 heavy (non-hydrogen) atoms. The highest BCUT2D eigenvalue weighted by molar-refractivity contribution is 14.1. The number of halogens is 6. The van der Waals surface area contributed by atoms with Gasteiger partial charge in [0, 0.05) is 17.2 Å². The summed E-state index contributed by atoms with van der Waals surface area (Å²) in [5.41, 5.74) is -0.780. The average Bonchev–Trinajstić information content (AvgIpc) is 2.19. The van der Waals surface area contributed by atoms with Crippen LogP contribution in [0.25, 0.3) is 0 Å². The van der Waals surface area contributed by atoms with E-state index in [4.69, 9.17) is 5.26 Å². The number of aromatic nitrogens is 1. The fourth-order valence-corrected chi connectivity index (χ4v) is 1.90. The molecule has 1 aromatic heterocycles. The Hall–Kier alpha value is -1.18. The first kappa shape index (κ1) is 14.9. The van der Waals surface area contributed by atoms with Crippen LogP contribution in [-0.2, 0) is 6.42 Å². The monoisotopic (exact) mass is 378 g/mol. The van der Waals surface area contributed by atoms with Crippen molar-refractivity contribution in [1.29, 1.82) is 5.26 Å². The fourth-order valence-electron chi connectivity index (χ4n) is 1.16. The smallest absolute Gasteiger partial charge is 0.388 e. The van der Waals surface area contributed by atoms with Gasteiger partial charge >= 0.3 is 6.36 Å². The van der Waals surface area contributed by atoms with Crippen LogP contribution in [0.3, 0.4) is 0 Å². The summed E-state index contributed by atoms with van der Waals surface area (Å²) in [4.78, 5) is 3.38. The lowest BCUT2D eigenvalue weighted by Gasteiger charge is -2.12. The van der Waals surface area contributed by atoms with Crippen LogP contribution in [0.1, 0.15) is 17.6 Å². The van der Waals surface area contributed by atoms with Crippen molar-refractivity contribution in [3.05, 3.63) is 20.9 Å². The number of alkyl halides is 5. The molecule has 0 fully saturated rings. The summed E-state index contributed by atoms with van der Waals surface area (Å²) in [5, 5.41) is 8.47. The lowest BCUT2D eigenvalue weighted by atomic mass is 10.1. The van der Waals surface area contributed by atoms with E-state index in [0.717, 1.165) is 0 Å². The van der Waals surface area contributed by atoms with Crippen molar-refractivity contribution >= 4 is 22.6 Å². The maximum absolute atomic E-state index is 12.7. The molecule has 98 valence electrons. The lowest BCUT2D eigenvalue weighted by molar-refractivity contribution is -0.276. The minimum atomic E-state index is -5.01. The molecular formula is C9H4F5IN2O. The van der Waals surface area contributed by atoms with E-state index in [1.165, 1.54) is 22.6 Å². The summed E-state index contributed by atoms with van der Waals surface area (Å²) < 4.78 is 64.5. The molecule has 1 heterocycles. The number of nitrogens with zero attached hydrogens (tertiary/aromatic N) is 2. The molecular weight excluding hydrogens is 374 g/mol. The Morgan fingerprint density at radius 1 is 1.44 bits per heavy atom. The van der Waals surface area contributed by atoms with Crippen molar-refractivity contribution in [2.75, 3.05) is 0 Å². The number of pyridine rings is 1. The van der Waals surface area contributed by atoms with Crippen LogP contribution in [0, 0.1) is 15.0 Å². The largest absolute Gasteiger partial charge is 0.574 e. The van der Waals surface area contributed by atoms with Crippen LogP contribution in [0.2, 0.25) is 0 Å². The molecule has 0 aliphatic rings. The number of hydrogen-bond donors (Lipinski definition) is 0.